The van der Waals surface area contributed by atoms with E-state index in [1.807, 2.05) is 30.3 Å². The van der Waals surface area contributed by atoms with Crippen molar-refractivity contribution in [2.75, 3.05) is 4.90 Å². The predicted octanol–water partition coefficient (Wildman–Crippen LogP) is 2.94. The second-order valence-corrected chi connectivity index (χ2v) is 8.06. The molecule has 134 valence electrons. The summed E-state index contributed by atoms with van der Waals surface area (Å²) in [6.45, 7) is 2.62. The van der Waals surface area contributed by atoms with Crippen molar-refractivity contribution in [3.63, 3.8) is 0 Å². The molecule has 1 aliphatic rings. The quantitative estimate of drug-likeness (QED) is 0.764. The Hall–Kier alpha value is -2.64. The number of hydrogen-bond donors (Lipinski definition) is 1. The minimum absolute atomic E-state index is 0.146. The van der Waals surface area contributed by atoms with Crippen LogP contribution in [0.2, 0.25) is 0 Å². The maximum Gasteiger partial charge on any atom is 0.238 e. The molecule has 0 unspecified atom stereocenters. The van der Waals surface area contributed by atoms with E-state index in [1.165, 1.54) is 0 Å². The van der Waals surface area contributed by atoms with Gasteiger partial charge in [-0.25, -0.2) is 18.5 Å². The van der Waals surface area contributed by atoms with Crippen molar-refractivity contribution in [3.05, 3.63) is 66.2 Å². The lowest BCUT2D eigenvalue weighted by Gasteiger charge is -2.23. The van der Waals surface area contributed by atoms with E-state index < -0.39 is 10.0 Å². The summed E-state index contributed by atoms with van der Waals surface area (Å²) in [5.74, 6) is 1.36. The van der Waals surface area contributed by atoms with Crippen LogP contribution in [-0.2, 0) is 23.0 Å². The highest BCUT2D eigenvalue weighted by molar-refractivity contribution is 7.89. The third-order valence-corrected chi connectivity index (χ3v) is 5.56. The average molecular weight is 369 g/mol. The van der Waals surface area contributed by atoms with E-state index in [9.17, 15) is 8.42 Å². The fourth-order valence-electron chi connectivity index (χ4n) is 3.35. The number of benzene rings is 2. The van der Waals surface area contributed by atoms with Crippen molar-refractivity contribution >= 4 is 15.7 Å². The van der Waals surface area contributed by atoms with Crippen molar-refractivity contribution < 1.29 is 12.8 Å². The molecule has 0 saturated heterocycles. The Morgan fingerprint density at radius 1 is 1.23 bits per heavy atom. The number of hydrogen-bond acceptors (Lipinski definition) is 5. The molecule has 2 heterocycles. The third kappa shape index (κ3) is 3.11. The first-order chi connectivity index (χ1) is 12.4. The summed E-state index contributed by atoms with van der Waals surface area (Å²) in [6.07, 6.45) is 2.49. The number of fused-ring (bicyclic) bond motifs is 1. The molecule has 0 radical (unpaired) electrons. The minimum Gasteiger partial charge on any atom is -0.439 e. The molecule has 0 saturated carbocycles. The minimum atomic E-state index is -3.69. The van der Waals surface area contributed by atoms with Crippen LogP contribution in [0.25, 0.3) is 11.3 Å². The molecular weight excluding hydrogens is 350 g/mol. The van der Waals surface area contributed by atoms with Gasteiger partial charge < -0.3 is 9.32 Å². The summed E-state index contributed by atoms with van der Waals surface area (Å²) in [5.41, 5.74) is 2.95. The molecule has 4 rings (SSSR count). The molecule has 7 heteroatoms. The number of primary sulfonamides is 1. The third-order valence-electron chi connectivity index (χ3n) is 4.65. The van der Waals surface area contributed by atoms with Crippen LogP contribution < -0.4 is 10.0 Å². The van der Waals surface area contributed by atoms with Gasteiger partial charge in [0.05, 0.1) is 17.6 Å². The topological polar surface area (TPSA) is 89.4 Å². The lowest BCUT2D eigenvalue weighted by Crippen LogP contribution is -2.28. The van der Waals surface area contributed by atoms with E-state index >= 15 is 0 Å². The number of anilines is 1. The average Bonchev–Trinajstić information content (AvgIpc) is 3.20. The SMILES string of the molecule is C[C@@H]1Cc2cc(S(N)(=O)=O)ccc2N1Cc1ncc(-c2ccccc2)o1. The Morgan fingerprint density at radius 3 is 2.73 bits per heavy atom. The first-order valence-electron chi connectivity index (χ1n) is 8.34. The van der Waals surface area contributed by atoms with E-state index in [-0.39, 0.29) is 10.9 Å². The van der Waals surface area contributed by atoms with Gasteiger partial charge in [0.15, 0.2) is 5.76 Å². The lowest BCUT2D eigenvalue weighted by atomic mass is 10.1. The molecule has 0 amide bonds. The van der Waals surface area contributed by atoms with Gasteiger partial charge in [0.1, 0.15) is 0 Å². The van der Waals surface area contributed by atoms with Crippen LogP contribution in [0.5, 0.6) is 0 Å². The Morgan fingerprint density at radius 2 is 2.00 bits per heavy atom. The molecule has 6 nitrogen and oxygen atoms in total. The van der Waals surface area contributed by atoms with E-state index in [0.29, 0.717) is 12.4 Å². The van der Waals surface area contributed by atoms with E-state index in [2.05, 4.69) is 16.8 Å². The van der Waals surface area contributed by atoms with Gasteiger partial charge in [0, 0.05) is 17.3 Å². The van der Waals surface area contributed by atoms with Crippen LogP contribution in [0.15, 0.2) is 64.0 Å². The van der Waals surface area contributed by atoms with E-state index in [1.54, 1.807) is 24.4 Å². The number of sulfonamides is 1. The molecule has 0 spiro atoms. The van der Waals surface area contributed by atoms with Crippen molar-refractivity contribution in [2.24, 2.45) is 5.14 Å². The van der Waals surface area contributed by atoms with E-state index in [4.69, 9.17) is 9.56 Å². The maximum absolute atomic E-state index is 11.6. The second kappa shape index (κ2) is 6.26. The first kappa shape index (κ1) is 16.8. The Kier molecular flexibility index (Phi) is 4.05. The molecule has 1 aromatic heterocycles. The normalized spacial score (nSPS) is 16.7. The first-order valence-corrected chi connectivity index (χ1v) is 9.89. The number of nitrogens with two attached hydrogens (primary N) is 1. The van der Waals surface area contributed by atoms with Crippen LogP contribution in [0.1, 0.15) is 18.4 Å². The highest BCUT2D eigenvalue weighted by atomic mass is 32.2. The molecule has 2 N–H and O–H groups in total. The van der Waals surface area contributed by atoms with Crippen LogP contribution in [0, 0.1) is 0 Å². The Labute approximate surface area is 152 Å². The Balaban J connectivity index is 1.60. The predicted molar refractivity (Wildman–Crippen MR) is 99.1 cm³/mol. The largest absolute Gasteiger partial charge is 0.439 e. The van der Waals surface area contributed by atoms with Gasteiger partial charge in [-0.3, -0.25) is 0 Å². The summed E-state index contributed by atoms with van der Waals surface area (Å²) in [6, 6.07) is 15.1. The summed E-state index contributed by atoms with van der Waals surface area (Å²) in [5, 5.41) is 5.24. The number of nitrogens with zero attached hydrogens (tertiary/aromatic N) is 2. The van der Waals surface area contributed by atoms with Gasteiger partial charge in [0.2, 0.25) is 15.9 Å². The molecule has 0 fully saturated rings. The van der Waals surface area contributed by atoms with E-state index in [0.717, 1.165) is 29.0 Å². The van der Waals surface area contributed by atoms with Gasteiger partial charge in [0.25, 0.3) is 0 Å². The van der Waals surface area contributed by atoms with Crippen molar-refractivity contribution in [1.82, 2.24) is 4.98 Å². The monoisotopic (exact) mass is 369 g/mol. The van der Waals surface area contributed by atoms with Crippen molar-refractivity contribution in [1.29, 1.82) is 0 Å². The molecule has 0 bridgehead atoms. The summed E-state index contributed by atoms with van der Waals surface area (Å²) in [4.78, 5) is 6.71. The van der Waals surface area contributed by atoms with Gasteiger partial charge in [-0.15, -0.1) is 0 Å². The molecule has 1 atom stereocenters. The smallest absolute Gasteiger partial charge is 0.238 e. The number of rotatable bonds is 4. The van der Waals surface area contributed by atoms with Gasteiger partial charge in [-0.1, -0.05) is 30.3 Å². The summed E-state index contributed by atoms with van der Waals surface area (Å²) >= 11 is 0. The standard InChI is InChI=1S/C19H19N3O3S/c1-13-9-15-10-16(26(20,23)24)7-8-17(15)22(13)12-19-21-11-18(25-19)14-5-3-2-4-6-14/h2-8,10-11,13H,9,12H2,1H3,(H2,20,23,24)/t13-/m1/s1. The van der Waals surface area contributed by atoms with Crippen LogP contribution in [-0.4, -0.2) is 19.4 Å². The molecule has 3 aromatic rings. The second-order valence-electron chi connectivity index (χ2n) is 6.50. The zero-order valence-corrected chi connectivity index (χ0v) is 15.1. The summed E-state index contributed by atoms with van der Waals surface area (Å²) in [7, 11) is -3.69. The Bertz CT molecular complexity index is 1040. The molecule has 26 heavy (non-hydrogen) atoms. The number of aromatic nitrogens is 1. The van der Waals surface area contributed by atoms with Gasteiger partial charge in [-0.05, 0) is 37.1 Å². The molecule has 0 aliphatic carbocycles. The van der Waals surface area contributed by atoms with Gasteiger partial charge in [-0.2, -0.15) is 0 Å². The summed E-state index contributed by atoms with van der Waals surface area (Å²) < 4.78 is 29.0. The van der Waals surface area contributed by atoms with Crippen molar-refractivity contribution in [3.8, 4) is 11.3 Å². The lowest BCUT2D eigenvalue weighted by molar-refractivity contribution is 0.489. The maximum atomic E-state index is 11.6. The zero-order valence-electron chi connectivity index (χ0n) is 14.3. The molecule has 1 aliphatic heterocycles. The molecule has 2 aromatic carbocycles. The van der Waals surface area contributed by atoms with Crippen molar-refractivity contribution in [2.45, 2.75) is 30.8 Å². The highest BCUT2D eigenvalue weighted by Gasteiger charge is 2.28. The fraction of sp³-hybridized carbons (Fsp3) is 0.211. The number of oxazole rings is 1. The molecular formula is C19H19N3O3S. The zero-order chi connectivity index (χ0) is 18.3. The van der Waals surface area contributed by atoms with Crippen LogP contribution in [0.3, 0.4) is 0 Å². The highest BCUT2D eigenvalue weighted by Crippen LogP contribution is 2.35. The van der Waals surface area contributed by atoms with Crippen LogP contribution >= 0.6 is 0 Å². The van der Waals surface area contributed by atoms with Gasteiger partial charge >= 0.3 is 0 Å². The fourth-order valence-corrected chi connectivity index (χ4v) is 3.92. The van der Waals surface area contributed by atoms with Crippen LogP contribution in [0.4, 0.5) is 5.69 Å².